The van der Waals surface area contributed by atoms with Gasteiger partial charge in [0.2, 0.25) is 5.89 Å². The number of nitrogens with zero attached hydrogens (tertiary/aromatic N) is 2. The third-order valence-corrected chi connectivity index (χ3v) is 5.19. The number of aryl methyl sites for hydroxylation is 1. The summed E-state index contributed by atoms with van der Waals surface area (Å²) in [5.41, 5.74) is 5.26. The number of hydrogen-bond donors (Lipinski definition) is 1. The maximum absolute atomic E-state index is 11.8. The summed E-state index contributed by atoms with van der Waals surface area (Å²) in [6.07, 6.45) is 4.72. The molecule has 1 aromatic heterocycles. The van der Waals surface area contributed by atoms with Crippen molar-refractivity contribution >= 4 is 9.84 Å². The van der Waals surface area contributed by atoms with Gasteiger partial charge in [0.05, 0.1) is 10.8 Å². The first-order chi connectivity index (χ1) is 8.38. The van der Waals surface area contributed by atoms with E-state index in [1.807, 2.05) is 6.92 Å². The minimum Gasteiger partial charge on any atom is -0.339 e. The largest absolute Gasteiger partial charge is 0.339 e. The van der Waals surface area contributed by atoms with Crippen molar-refractivity contribution in [3.05, 3.63) is 11.7 Å². The zero-order valence-electron chi connectivity index (χ0n) is 10.7. The fraction of sp³-hybridized carbons (Fsp3) is 0.818. The van der Waals surface area contributed by atoms with Crippen LogP contribution in [0.3, 0.4) is 0 Å². The molecule has 0 radical (unpaired) electrons. The average Bonchev–Trinajstić information content (AvgIpc) is 2.85. The monoisotopic (exact) mass is 273 g/mol. The lowest BCUT2D eigenvalue weighted by Gasteiger charge is -2.26. The third-order valence-electron chi connectivity index (χ3n) is 3.50. The van der Waals surface area contributed by atoms with Crippen molar-refractivity contribution in [3.63, 3.8) is 0 Å². The fourth-order valence-corrected chi connectivity index (χ4v) is 4.19. The van der Waals surface area contributed by atoms with E-state index in [4.69, 9.17) is 10.3 Å². The predicted octanol–water partition coefficient (Wildman–Crippen LogP) is 0.773. The van der Waals surface area contributed by atoms with E-state index in [1.165, 1.54) is 6.26 Å². The van der Waals surface area contributed by atoms with Crippen LogP contribution in [0.2, 0.25) is 0 Å². The van der Waals surface area contributed by atoms with Crippen LogP contribution in [-0.4, -0.2) is 30.1 Å². The number of rotatable bonds is 4. The molecule has 1 aliphatic carbocycles. The number of aromatic nitrogens is 2. The Morgan fingerprint density at radius 3 is 2.89 bits per heavy atom. The Hall–Kier alpha value is -0.950. The predicted molar refractivity (Wildman–Crippen MR) is 66.6 cm³/mol. The molecule has 2 atom stereocenters. The Bertz CT molecular complexity index is 525. The van der Waals surface area contributed by atoms with E-state index in [0.717, 1.165) is 12.8 Å². The summed E-state index contributed by atoms with van der Waals surface area (Å²) in [5.74, 6) is 0.857. The Balaban J connectivity index is 2.34. The summed E-state index contributed by atoms with van der Waals surface area (Å²) >= 11 is 0. The van der Waals surface area contributed by atoms with Gasteiger partial charge in [-0.3, -0.25) is 0 Å². The molecule has 0 amide bonds. The molecular weight excluding hydrogens is 254 g/mol. The Labute approximate surface area is 107 Å². The highest BCUT2D eigenvalue weighted by Crippen LogP contribution is 2.39. The van der Waals surface area contributed by atoms with E-state index >= 15 is 0 Å². The SMILES string of the molecule is CCCc1nc(C2(N)CCCC2S(C)(=O)=O)no1. The highest BCUT2D eigenvalue weighted by molar-refractivity contribution is 7.91. The second-order valence-electron chi connectivity index (χ2n) is 5.01. The highest BCUT2D eigenvalue weighted by atomic mass is 32.2. The molecule has 1 saturated carbocycles. The van der Waals surface area contributed by atoms with Gasteiger partial charge in [-0.2, -0.15) is 4.98 Å². The van der Waals surface area contributed by atoms with Crippen molar-refractivity contribution in [1.82, 2.24) is 10.1 Å². The summed E-state index contributed by atoms with van der Waals surface area (Å²) in [6.45, 7) is 2.01. The van der Waals surface area contributed by atoms with Crippen LogP contribution in [0, 0.1) is 0 Å². The molecule has 0 spiro atoms. The first kappa shape index (κ1) is 13.5. The van der Waals surface area contributed by atoms with Gasteiger partial charge >= 0.3 is 0 Å². The molecule has 1 heterocycles. The molecule has 18 heavy (non-hydrogen) atoms. The lowest BCUT2D eigenvalue weighted by Crippen LogP contribution is -2.48. The highest BCUT2D eigenvalue weighted by Gasteiger charge is 2.49. The van der Waals surface area contributed by atoms with Crippen LogP contribution in [0.1, 0.15) is 44.3 Å². The first-order valence-corrected chi connectivity index (χ1v) is 8.14. The van der Waals surface area contributed by atoms with E-state index in [-0.39, 0.29) is 0 Å². The van der Waals surface area contributed by atoms with Gasteiger partial charge in [-0.15, -0.1) is 0 Å². The molecule has 0 aromatic carbocycles. The van der Waals surface area contributed by atoms with Crippen molar-refractivity contribution in [3.8, 4) is 0 Å². The van der Waals surface area contributed by atoms with Gasteiger partial charge in [0, 0.05) is 12.7 Å². The molecule has 2 rings (SSSR count). The Morgan fingerprint density at radius 2 is 2.28 bits per heavy atom. The van der Waals surface area contributed by atoms with Crippen LogP contribution in [0.5, 0.6) is 0 Å². The molecule has 6 nitrogen and oxygen atoms in total. The second kappa shape index (κ2) is 4.62. The quantitative estimate of drug-likeness (QED) is 0.870. The maximum atomic E-state index is 11.8. The molecule has 1 aliphatic rings. The molecular formula is C11H19N3O3S. The van der Waals surface area contributed by atoms with E-state index in [0.29, 0.717) is 31.0 Å². The molecule has 2 N–H and O–H groups in total. The number of sulfone groups is 1. The standard InChI is InChI=1S/C11H19N3O3S/c1-3-5-9-13-10(14-17-9)11(12)7-4-6-8(11)18(2,15)16/h8H,3-7,12H2,1-2H3. The molecule has 1 aromatic rings. The van der Waals surface area contributed by atoms with Crippen LogP contribution >= 0.6 is 0 Å². The van der Waals surface area contributed by atoms with Gasteiger partial charge in [0.1, 0.15) is 0 Å². The van der Waals surface area contributed by atoms with Gasteiger partial charge < -0.3 is 10.3 Å². The smallest absolute Gasteiger partial charge is 0.226 e. The minimum atomic E-state index is -3.21. The van der Waals surface area contributed by atoms with Gasteiger partial charge in [-0.25, -0.2) is 8.42 Å². The zero-order valence-corrected chi connectivity index (χ0v) is 11.5. The van der Waals surface area contributed by atoms with E-state index in [2.05, 4.69) is 10.1 Å². The van der Waals surface area contributed by atoms with E-state index in [1.54, 1.807) is 0 Å². The minimum absolute atomic E-state index is 0.332. The Kier molecular flexibility index (Phi) is 3.46. The van der Waals surface area contributed by atoms with Crippen LogP contribution in [0.15, 0.2) is 4.52 Å². The topological polar surface area (TPSA) is 99.1 Å². The van der Waals surface area contributed by atoms with Crippen molar-refractivity contribution in [2.75, 3.05) is 6.26 Å². The molecule has 0 aliphatic heterocycles. The van der Waals surface area contributed by atoms with E-state index in [9.17, 15) is 8.42 Å². The lowest BCUT2D eigenvalue weighted by atomic mass is 9.98. The van der Waals surface area contributed by atoms with E-state index < -0.39 is 20.6 Å². The summed E-state index contributed by atoms with van der Waals surface area (Å²) in [5, 5.41) is 3.26. The summed E-state index contributed by atoms with van der Waals surface area (Å²) in [6, 6.07) is 0. The molecule has 0 saturated heterocycles. The first-order valence-electron chi connectivity index (χ1n) is 6.18. The average molecular weight is 273 g/mol. The van der Waals surface area contributed by atoms with Crippen LogP contribution in [0.4, 0.5) is 0 Å². The van der Waals surface area contributed by atoms with Gasteiger partial charge in [-0.05, 0) is 25.7 Å². The fourth-order valence-electron chi connectivity index (χ4n) is 2.61. The molecule has 1 fully saturated rings. The van der Waals surface area contributed by atoms with Crippen molar-refractivity contribution in [2.24, 2.45) is 5.73 Å². The molecule has 0 bridgehead atoms. The molecule has 102 valence electrons. The van der Waals surface area contributed by atoms with Crippen molar-refractivity contribution < 1.29 is 12.9 Å². The number of nitrogens with two attached hydrogens (primary N) is 1. The van der Waals surface area contributed by atoms with Crippen LogP contribution in [0.25, 0.3) is 0 Å². The van der Waals surface area contributed by atoms with Crippen LogP contribution < -0.4 is 5.73 Å². The lowest BCUT2D eigenvalue weighted by molar-refractivity contribution is 0.348. The van der Waals surface area contributed by atoms with Crippen LogP contribution in [-0.2, 0) is 21.8 Å². The summed E-state index contributed by atoms with van der Waals surface area (Å²) in [7, 11) is -3.21. The Morgan fingerprint density at radius 1 is 1.56 bits per heavy atom. The molecule has 7 heteroatoms. The third kappa shape index (κ3) is 2.29. The van der Waals surface area contributed by atoms with Gasteiger partial charge in [0.15, 0.2) is 15.7 Å². The maximum Gasteiger partial charge on any atom is 0.226 e. The van der Waals surface area contributed by atoms with Gasteiger partial charge in [0.25, 0.3) is 0 Å². The normalized spacial score (nSPS) is 28.7. The van der Waals surface area contributed by atoms with Gasteiger partial charge in [-0.1, -0.05) is 12.1 Å². The summed E-state index contributed by atoms with van der Waals surface area (Å²) < 4.78 is 28.7. The number of hydrogen-bond acceptors (Lipinski definition) is 6. The van der Waals surface area contributed by atoms with Crippen molar-refractivity contribution in [2.45, 2.75) is 49.8 Å². The second-order valence-corrected chi connectivity index (χ2v) is 7.24. The summed E-state index contributed by atoms with van der Waals surface area (Å²) in [4.78, 5) is 4.25. The van der Waals surface area contributed by atoms with Crippen molar-refractivity contribution in [1.29, 1.82) is 0 Å². The zero-order chi connectivity index (χ0) is 13.4. The molecule has 2 unspecified atom stereocenters.